The first-order chi connectivity index (χ1) is 10.1. The van der Waals surface area contributed by atoms with E-state index in [1.807, 2.05) is 36.5 Å². The Hall–Kier alpha value is -1.39. The highest BCUT2D eigenvalue weighted by molar-refractivity contribution is 9.10. The summed E-state index contributed by atoms with van der Waals surface area (Å²) in [4.78, 5) is 4.34. The van der Waals surface area contributed by atoms with E-state index in [0.29, 0.717) is 18.4 Å². The summed E-state index contributed by atoms with van der Waals surface area (Å²) in [6.45, 7) is 6.79. The van der Waals surface area contributed by atoms with Crippen LogP contribution in [0.3, 0.4) is 0 Å². The van der Waals surface area contributed by atoms with Crippen molar-refractivity contribution in [3.63, 3.8) is 0 Å². The molecule has 2 rings (SSSR count). The number of ether oxygens (including phenoxy) is 1. The van der Waals surface area contributed by atoms with Gasteiger partial charge in [0.25, 0.3) is 0 Å². The number of hydrogen-bond donors (Lipinski definition) is 1. The Bertz CT molecular complexity index is 538. The molecule has 4 heteroatoms. The molecule has 0 aliphatic heterocycles. The fraction of sp³-hybridized carbons (Fsp3) is 0.353. The largest absolute Gasteiger partial charge is 0.473 e. The zero-order chi connectivity index (χ0) is 15.1. The Morgan fingerprint density at radius 3 is 2.43 bits per heavy atom. The van der Waals surface area contributed by atoms with Crippen molar-refractivity contribution in [3.8, 4) is 5.88 Å². The van der Waals surface area contributed by atoms with E-state index in [1.54, 1.807) is 0 Å². The summed E-state index contributed by atoms with van der Waals surface area (Å²) in [6.07, 6.45) is 1.87. The molecule has 0 unspecified atom stereocenters. The molecule has 21 heavy (non-hydrogen) atoms. The highest BCUT2D eigenvalue weighted by Crippen LogP contribution is 2.13. The van der Waals surface area contributed by atoms with Crippen molar-refractivity contribution >= 4 is 15.9 Å². The van der Waals surface area contributed by atoms with Gasteiger partial charge in [-0.15, -0.1) is 0 Å². The second-order valence-electron chi connectivity index (χ2n) is 5.44. The molecule has 0 bridgehead atoms. The molecule has 3 nitrogen and oxygen atoms in total. The monoisotopic (exact) mass is 348 g/mol. The van der Waals surface area contributed by atoms with Gasteiger partial charge in [-0.05, 0) is 35.7 Å². The standard InChI is InChI=1S/C17H21BrN2O/c1-13(2)9-19-10-15-5-8-17(20-11-15)21-12-14-3-6-16(18)7-4-14/h3-8,11,13,19H,9-10,12H2,1-2H3. The van der Waals surface area contributed by atoms with Gasteiger partial charge in [-0.1, -0.05) is 48.0 Å². The summed E-state index contributed by atoms with van der Waals surface area (Å²) in [5.41, 5.74) is 2.30. The van der Waals surface area contributed by atoms with E-state index in [2.05, 4.69) is 46.1 Å². The fourth-order valence-corrected chi connectivity index (χ4v) is 2.11. The maximum absolute atomic E-state index is 5.68. The molecule has 0 atom stereocenters. The van der Waals surface area contributed by atoms with E-state index < -0.39 is 0 Å². The van der Waals surface area contributed by atoms with Gasteiger partial charge in [0, 0.05) is 23.3 Å². The lowest BCUT2D eigenvalue weighted by Crippen LogP contribution is -2.18. The molecule has 0 radical (unpaired) electrons. The lowest BCUT2D eigenvalue weighted by atomic mass is 10.2. The van der Waals surface area contributed by atoms with Crippen molar-refractivity contribution in [2.45, 2.75) is 27.0 Å². The number of nitrogens with zero attached hydrogens (tertiary/aromatic N) is 1. The minimum atomic E-state index is 0.533. The Labute approximate surface area is 134 Å². The number of benzene rings is 1. The van der Waals surface area contributed by atoms with Gasteiger partial charge in [-0.25, -0.2) is 4.98 Å². The first-order valence-electron chi connectivity index (χ1n) is 7.16. The predicted molar refractivity (Wildman–Crippen MR) is 89.3 cm³/mol. The zero-order valence-corrected chi connectivity index (χ0v) is 14.1. The van der Waals surface area contributed by atoms with Crippen LogP contribution in [0.2, 0.25) is 0 Å². The average molecular weight is 349 g/mol. The lowest BCUT2D eigenvalue weighted by Gasteiger charge is -2.08. The molecule has 1 N–H and O–H groups in total. The van der Waals surface area contributed by atoms with Crippen LogP contribution < -0.4 is 10.1 Å². The summed E-state index contributed by atoms with van der Waals surface area (Å²) < 4.78 is 6.75. The molecule has 0 aliphatic carbocycles. The van der Waals surface area contributed by atoms with Crippen LogP contribution in [-0.2, 0) is 13.2 Å². The van der Waals surface area contributed by atoms with Gasteiger partial charge in [-0.2, -0.15) is 0 Å². The number of aromatic nitrogens is 1. The van der Waals surface area contributed by atoms with Gasteiger partial charge < -0.3 is 10.1 Å². The molecule has 112 valence electrons. The minimum Gasteiger partial charge on any atom is -0.473 e. The van der Waals surface area contributed by atoms with Gasteiger partial charge in [0.15, 0.2) is 0 Å². The zero-order valence-electron chi connectivity index (χ0n) is 12.5. The van der Waals surface area contributed by atoms with Crippen LogP contribution in [0, 0.1) is 5.92 Å². The van der Waals surface area contributed by atoms with Crippen LogP contribution in [0.25, 0.3) is 0 Å². The van der Waals surface area contributed by atoms with Crippen molar-refractivity contribution in [3.05, 3.63) is 58.2 Å². The van der Waals surface area contributed by atoms with Crippen LogP contribution in [0.5, 0.6) is 5.88 Å². The van der Waals surface area contributed by atoms with Crippen molar-refractivity contribution in [2.24, 2.45) is 5.92 Å². The fourth-order valence-electron chi connectivity index (χ4n) is 1.84. The maximum Gasteiger partial charge on any atom is 0.213 e. The topological polar surface area (TPSA) is 34.1 Å². The van der Waals surface area contributed by atoms with Gasteiger partial charge in [0.2, 0.25) is 5.88 Å². The van der Waals surface area contributed by atoms with Crippen LogP contribution in [-0.4, -0.2) is 11.5 Å². The smallest absolute Gasteiger partial charge is 0.213 e. The molecule has 2 aromatic rings. The molecule has 1 aromatic heterocycles. The summed E-state index contributed by atoms with van der Waals surface area (Å²) >= 11 is 3.42. The molecular weight excluding hydrogens is 328 g/mol. The SMILES string of the molecule is CC(C)CNCc1ccc(OCc2ccc(Br)cc2)nc1. The van der Waals surface area contributed by atoms with Gasteiger partial charge in [0.05, 0.1) is 0 Å². The number of hydrogen-bond acceptors (Lipinski definition) is 3. The molecule has 0 saturated heterocycles. The Kier molecular flexibility index (Phi) is 6.21. The highest BCUT2D eigenvalue weighted by atomic mass is 79.9. The molecular formula is C17H21BrN2O. The van der Waals surface area contributed by atoms with Crippen LogP contribution in [0.15, 0.2) is 47.1 Å². The van der Waals surface area contributed by atoms with E-state index in [-0.39, 0.29) is 0 Å². The summed E-state index contributed by atoms with van der Waals surface area (Å²) in [6, 6.07) is 12.1. The number of nitrogens with one attached hydrogen (secondary N) is 1. The Balaban J connectivity index is 1.80. The third kappa shape index (κ3) is 5.86. The third-order valence-electron chi connectivity index (χ3n) is 2.98. The first kappa shape index (κ1) is 16.0. The predicted octanol–water partition coefficient (Wildman–Crippen LogP) is 4.17. The van der Waals surface area contributed by atoms with Crippen molar-refractivity contribution < 1.29 is 4.74 Å². The maximum atomic E-state index is 5.68. The minimum absolute atomic E-state index is 0.533. The summed E-state index contributed by atoms with van der Waals surface area (Å²) in [5, 5.41) is 3.40. The van der Waals surface area contributed by atoms with Crippen LogP contribution in [0.1, 0.15) is 25.0 Å². The van der Waals surface area contributed by atoms with E-state index in [1.165, 1.54) is 5.56 Å². The molecule has 0 amide bonds. The molecule has 1 aromatic carbocycles. The molecule has 0 aliphatic rings. The molecule has 1 heterocycles. The first-order valence-corrected chi connectivity index (χ1v) is 7.95. The van der Waals surface area contributed by atoms with Crippen molar-refractivity contribution in [1.82, 2.24) is 10.3 Å². The Morgan fingerprint density at radius 1 is 1.10 bits per heavy atom. The van der Waals surface area contributed by atoms with Gasteiger partial charge in [0.1, 0.15) is 6.61 Å². The van der Waals surface area contributed by atoms with Gasteiger partial charge in [-0.3, -0.25) is 0 Å². The van der Waals surface area contributed by atoms with Gasteiger partial charge >= 0.3 is 0 Å². The normalized spacial score (nSPS) is 10.9. The van der Waals surface area contributed by atoms with Crippen molar-refractivity contribution in [1.29, 1.82) is 0 Å². The summed E-state index contributed by atoms with van der Waals surface area (Å²) in [5.74, 6) is 1.32. The van der Waals surface area contributed by atoms with Crippen LogP contribution >= 0.6 is 15.9 Å². The second-order valence-corrected chi connectivity index (χ2v) is 6.36. The molecule has 0 spiro atoms. The van der Waals surface area contributed by atoms with Crippen LogP contribution in [0.4, 0.5) is 0 Å². The number of rotatable bonds is 7. The lowest BCUT2D eigenvalue weighted by molar-refractivity contribution is 0.293. The quantitative estimate of drug-likeness (QED) is 0.815. The van der Waals surface area contributed by atoms with Crippen molar-refractivity contribution in [2.75, 3.05) is 6.54 Å². The number of halogens is 1. The summed E-state index contributed by atoms with van der Waals surface area (Å²) in [7, 11) is 0. The number of pyridine rings is 1. The molecule has 0 fully saturated rings. The Morgan fingerprint density at radius 2 is 1.81 bits per heavy atom. The second kappa shape index (κ2) is 8.15. The van der Waals surface area contributed by atoms with E-state index in [4.69, 9.17) is 4.74 Å². The van der Waals surface area contributed by atoms with E-state index in [9.17, 15) is 0 Å². The highest BCUT2D eigenvalue weighted by Gasteiger charge is 1.99. The average Bonchev–Trinajstić information content (AvgIpc) is 2.48. The third-order valence-corrected chi connectivity index (χ3v) is 3.51. The molecule has 0 saturated carbocycles. The van der Waals surface area contributed by atoms with E-state index in [0.717, 1.165) is 23.1 Å². The van der Waals surface area contributed by atoms with E-state index >= 15 is 0 Å².